The van der Waals surface area contributed by atoms with Crippen LogP contribution >= 0.6 is 0 Å². The molecule has 1 heterocycles. The fourth-order valence-corrected chi connectivity index (χ4v) is 4.49. The topological polar surface area (TPSA) is 24.1 Å². The maximum atomic E-state index is 3.84. The summed E-state index contributed by atoms with van der Waals surface area (Å²) >= 11 is 0. The van der Waals surface area contributed by atoms with E-state index >= 15 is 0 Å². The molecule has 1 aliphatic carbocycles. The average molecular weight is 320 g/mol. The SMILES string of the molecule is c1ccc2c(c1)-c1ccccc1C21Nc2cccc3cccc(c23)N1. The first kappa shape index (κ1) is 13.1. The molecule has 1 aliphatic heterocycles. The highest BCUT2D eigenvalue weighted by Gasteiger charge is 2.45. The zero-order valence-electron chi connectivity index (χ0n) is 13.6. The van der Waals surface area contributed by atoms with E-state index in [0.717, 1.165) is 0 Å². The molecule has 0 saturated heterocycles. The first-order valence-corrected chi connectivity index (χ1v) is 8.64. The summed E-state index contributed by atoms with van der Waals surface area (Å²) in [6.45, 7) is 0. The van der Waals surface area contributed by atoms with Crippen LogP contribution in [0.15, 0.2) is 84.9 Å². The normalized spacial score (nSPS) is 15.4. The van der Waals surface area contributed by atoms with Crippen molar-refractivity contribution in [1.82, 2.24) is 0 Å². The number of hydrogen-bond donors (Lipinski definition) is 2. The highest BCUT2D eigenvalue weighted by molar-refractivity contribution is 6.06. The standard InChI is InChI=1S/C23H16N2/c1-3-11-18-16(9-1)17-10-2-4-12-19(17)23(18)24-20-13-5-7-15-8-6-14-21(25-23)22(15)20/h1-14,24-25H. The number of anilines is 2. The molecule has 2 aliphatic rings. The third kappa shape index (κ3) is 1.54. The Kier molecular flexibility index (Phi) is 2.31. The summed E-state index contributed by atoms with van der Waals surface area (Å²) < 4.78 is 0. The molecular weight excluding hydrogens is 304 g/mol. The lowest BCUT2D eigenvalue weighted by atomic mass is 9.91. The molecule has 0 amide bonds. The van der Waals surface area contributed by atoms with E-state index < -0.39 is 5.66 Å². The average Bonchev–Trinajstić information content (AvgIpc) is 2.93. The number of hydrogen-bond acceptors (Lipinski definition) is 2. The lowest BCUT2D eigenvalue weighted by Gasteiger charge is -2.40. The summed E-state index contributed by atoms with van der Waals surface area (Å²) in [5.74, 6) is 0. The Morgan fingerprint density at radius 3 is 1.60 bits per heavy atom. The van der Waals surface area contributed by atoms with E-state index in [9.17, 15) is 0 Å². The Morgan fingerprint density at radius 2 is 1.04 bits per heavy atom. The van der Waals surface area contributed by atoms with E-state index in [-0.39, 0.29) is 0 Å². The predicted octanol–water partition coefficient (Wildman–Crippen LogP) is 5.56. The van der Waals surface area contributed by atoms with Gasteiger partial charge in [-0.15, -0.1) is 0 Å². The molecule has 6 rings (SSSR count). The second-order valence-electron chi connectivity index (χ2n) is 6.80. The molecule has 0 fully saturated rings. The summed E-state index contributed by atoms with van der Waals surface area (Å²) in [7, 11) is 0. The quantitative estimate of drug-likeness (QED) is 0.443. The highest BCUT2D eigenvalue weighted by Crippen LogP contribution is 2.52. The Labute approximate surface area is 146 Å². The van der Waals surface area contributed by atoms with Gasteiger partial charge in [-0.25, -0.2) is 0 Å². The second-order valence-corrected chi connectivity index (χ2v) is 6.80. The van der Waals surface area contributed by atoms with Crippen LogP contribution in [0.4, 0.5) is 11.4 Å². The van der Waals surface area contributed by atoms with Crippen molar-refractivity contribution in [3.8, 4) is 11.1 Å². The van der Waals surface area contributed by atoms with Crippen molar-refractivity contribution in [1.29, 1.82) is 0 Å². The Bertz CT molecular complexity index is 1070. The number of rotatable bonds is 0. The van der Waals surface area contributed by atoms with Crippen molar-refractivity contribution in [2.24, 2.45) is 0 Å². The van der Waals surface area contributed by atoms with Gasteiger partial charge in [0.1, 0.15) is 0 Å². The third-order valence-corrected chi connectivity index (χ3v) is 5.50. The molecule has 0 saturated carbocycles. The van der Waals surface area contributed by atoms with Gasteiger partial charge in [-0.3, -0.25) is 0 Å². The van der Waals surface area contributed by atoms with E-state index in [1.54, 1.807) is 0 Å². The molecule has 118 valence electrons. The molecule has 0 bridgehead atoms. The molecule has 0 unspecified atom stereocenters. The zero-order valence-corrected chi connectivity index (χ0v) is 13.6. The van der Waals surface area contributed by atoms with E-state index in [1.165, 1.54) is 44.4 Å². The number of nitrogens with one attached hydrogen (secondary N) is 2. The van der Waals surface area contributed by atoms with Gasteiger partial charge >= 0.3 is 0 Å². The van der Waals surface area contributed by atoms with Crippen molar-refractivity contribution < 1.29 is 0 Å². The fraction of sp³-hybridized carbons (Fsp3) is 0.0435. The van der Waals surface area contributed by atoms with Crippen LogP contribution in [-0.4, -0.2) is 0 Å². The van der Waals surface area contributed by atoms with Gasteiger partial charge in [0.15, 0.2) is 5.66 Å². The van der Waals surface area contributed by atoms with Gasteiger partial charge in [0.2, 0.25) is 0 Å². The van der Waals surface area contributed by atoms with E-state index in [1.807, 2.05) is 0 Å². The molecule has 2 nitrogen and oxygen atoms in total. The molecule has 25 heavy (non-hydrogen) atoms. The van der Waals surface area contributed by atoms with Crippen LogP contribution in [0.3, 0.4) is 0 Å². The van der Waals surface area contributed by atoms with Crippen molar-refractivity contribution in [3.05, 3.63) is 96.1 Å². The van der Waals surface area contributed by atoms with Crippen LogP contribution < -0.4 is 10.6 Å². The van der Waals surface area contributed by atoms with Crippen molar-refractivity contribution >= 4 is 22.1 Å². The first-order valence-electron chi connectivity index (χ1n) is 8.64. The van der Waals surface area contributed by atoms with Gasteiger partial charge in [0.25, 0.3) is 0 Å². The van der Waals surface area contributed by atoms with E-state index in [0.29, 0.717) is 0 Å². The van der Waals surface area contributed by atoms with Crippen LogP contribution in [0.2, 0.25) is 0 Å². The van der Waals surface area contributed by atoms with Crippen LogP contribution in [0.1, 0.15) is 11.1 Å². The maximum Gasteiger partial charge on any atom is 0.162 e. The van der Waals surface area contributed by atoms with Crippen molar-refractivity contribution in [3.63, 3.8) is 0 Å². The Balaban J connectivity index is 1.70. The summed E-state index contributed by atoms with van der Waals surface area (Å²) in [5, 5.41) is 10.2. The highest BCUT2D eigenvalue weighted by atomic mass is 15.2. The smallest absolute Gasteiger partial charge is 0.162 e. The molecule has 2 heteroatoms. The van der Waals surface area contributed by atoms with Crippen LogP contribution in [0.5, 0.6) is 0 Å². The second kappa shape index (κ2) is 4.42. The minimum Gasteiger partial charge on any atom is -0.355 e. The van der Waals surface area contributed by atoms with Gasteiger partial charge in [0.05, 0.1) is 0 Å². The molecule has 4 aromatic rings. The fourth-order valence-electron chi connectivity index (χ4n) is 4.49. The molecule has 0 radical (unpaired) electrons. The van der Waals surface area contributed by atoms with Crippen LogP contribution in [-0.2, 0) is 5.66 Å². The summed E-state index contributed by atoms with van der Waals surface area (Å²) in [6, 6.07) is 30.3. The van der Waals surface area contributed by atoms with E-state index in [2.05, 4.69) is 95.6 Å². The van der Waals surface area contributed by atoms with Crippen LogP contribution in [0, 0.1) is 0 Å². The summed E-state index contributed by atoms with van der Waals surface area (Å²) in [4.78, 5) is 0. The molecule has 0 atom stereocenters. The molecular formula is C23H16N2. The summed E-state index contributed by atoms with van der Waals surface area (Å²) in [6.07, 6.45) is 0. The maximum absolute atomic E-state index is 3.84. The monoisotopic (exact) mass is 320 g/mol. The molecule has 4 aromatic carbocycles. The summed E-state index contributed by atoms with van der Waals surface area (Å²) in [5.41, 5.74) is 7.09. The Hall–Kier alpha value is -3.26. The Morgan fingerprint density at radius 1 is 0.520 bits per heavy atom. The lowest BCUT2D eigenvalue weighted by Crippen LogP contribution is -2.44. The zero-order chi connectivity index (χ0) is 16.4. The third-order valence-electron chi connectivity index (χ3n) is 5.50. The number of fused-ring (bicyclic) bond motifs is 5. The molecule has 1 spiro atoms. The predicted molar refractivity (Wildman–Crippen MR) is 104 cm³/mol. The first-order chi connectivity index (χ1) is 12.4. The van der Waals surface area contributed by atoms with Gasteiger partial charge in [-0.05, 0) is 28.6 Å². The van der Waals surface area contributed by atoms with Crippen molar-refractivity contribution in [2.45, 2.75) is 5.66 Å². The number of benzene rings is 4. The minimum absolute atomic E-state index is 0.421. The van der Waals surface area contributed by atoms with Crippen LogP contribution in [0.25, 0.3) is 21.9 Å². The lowest BCUT2D eigenvalue weighted by molar-refractivity contribution is 0.696. The molecule has 0 aromatic heterocycles. The molecule has 2 N–H and O–H groups in total. The minimum atomic E-state index is -0.421. The largest absolute Gasteiger partial charge is 0.355 e. The van der Waals surface area contributed by atoms with Crippen molar-refractivity contribution in [2.75, 3.05) is 10.6 Å². The van der Waals surface area contributed by atoms with Gasteiger partial charge in [-0.1, -0.05) is 72.8 Å². The van der Waals surface area contributed by atoms with Gasteiger partial charge in [0, 0.05) is 27.9 Å². The van der Waals surface area contributed by atoms with Gasteiger partial charge < -0.3 is 10.6 Å². The van der Waals surface area contributed by atoms with E-state index in [4.69, 9.17) is 0 Å². The van der Waals surface area contributed by atoms with Gasteiger partial charge in [-0.2, -0.15) is 0 Å².